The van der Waals surface area contributed by atoms with Crippen molar-refractivity contribution >= 4 is 33.6 Å². The van der Waals surface area contributed by atoms with E-state index in [0.717, 1.165) is 21.8 Å². The minimum atomic E-state index is -0.514. The van der Waals surface area contributed by atoms with Gasteiger partial charge in [-0.3, -0.25) is 15.5 Å². The van der Waals surface area contributed by atoms with Crippen LogP contribution in [0, 0.1) is 21.4 Å². The highest BCUT2D eigenvalue weighted by molar-refractivity contribution is 9.10. The number of nitrogens with zero attached hydrogens (tertiary/aromatic N) is 4. The first kappa shape index (κ1) is 20.0. The SMILES string of the molecule is N#Cc1ccccc1COc1ccc(/C=N/Nc2ccc([N+](=O)[O-])cn2)cc1Br. The van der Waals surface area contributed by atoms with E-state index in [4.69, 9.17) is 10.00 Å². The number of anilines is 1. The van der Waals surface area contributed by atoms with Crippen LogP contribution in [0.1, 0.15) is 16.7 Å². The Kier molecular flexibility index (Phi) is 6.50. The Morgan fingerprint density at radius 1 is 1.28 bits per heavy atom. The number of aromatic nitrogens is 1. The summed E-state index contributed by atoms with van der Waals surface area (Å²) in [7, 11) is 0. The molecule has 3 aromatic rings. The van der Waals surface area contributed by atoms with Gasteiger partial charge >= 0.3 is 0 Å². The molecule has 0 amide bonds. The number of hydrogen-bond acceptors (Lipinski definition) is 7. The van der Waals surface area contributed by atoms with Gasteiger partial charge in [0.15, 0.2) is 0 Å². The van der Waals surface area contributed by atoms with Crippen LogP contribution < -0.4 is 10.2 Å². The maximum absolute atomic E-state index is 10.6. The summed E-state index contributed by atoms with van der Waals surface area (Å²) in [5.74, 6) is 1.03. The lowest BCUT2D eigenvalue weighted by atomic mass is 10.1. The van der Waals surface area contributed by atoms with Crippen molar-refractivity contribution in [3.63, 3.8) is 0 Å². The van der Waals surface area contributed by atoms with E-state index < -0.39 is 4.92 Å². The van der Waals surface area contributed by atoms with Crippen molar-refractivity contribution in [1.29, 1.82) is 5.26 Å². The summed E-state index contributed by atoms with van der Waals surface area (Å²) in [5, 5.41) is 23.8. The number of nitriles is 1. The van der Waals surface area contributed by atoms with Gasteiger partial charge in [0.2, 0.25) is 0 Å². The molecule has 0 spiro atoms. The third-order valence-electron chi connectivity index (χ3n) is 3.83. The second-order valence-corrected chi connectivity index (χ2v) is 6.63. The van der Waals surface area contributed by atoms with Gasteiger partial charge in [0.1, 0.15) is 24.4 Å². The van der Waals surface area contributed by atoms with Crippen molar-refractivity contribution in [1.82, 2.24) is 4.98 Å². The first-order chi connectivity index (χ1) is 14.1. The largest absolute Gasteiger partial charge is 0.488 e. The molecule has 0 aliphatic rings. The fourth-order valence-corrected chi connectivity index (χ4v) is 2.87. The number of ether oxygens (including phenoxy) is 1. The Morgan fingerprint density at radius 2 is 2.10 bits per heavy atom. The molecule has 0 bridgehead atoms. The van der Waals surface area contributed by atoms with Crippen LogP contribution >= 0.6 is 15.9 Å². The zero-order chi connectivity index (χ0) is 20.6. The van der Waals surface area contributed by atoms with Crippen LogP contribution in [-0.2, 0) is 6.61 Å². The molecule has 9 heteroatoms. The molecular weight excluding hydrogens is 438 g/mol. The molecule has 144 valence electrons. The van der Waals surface area contributed by atoms with Gasteiger partial charge in [0, 0.05) is 11.6 Å². The lowest BCUT2D eigenvalue weighted by Gasteiger charge is -2.10. The van der Waals surface area contributed by atoms with E-state index in [1.165, 1.54) is 12.1 Å². The predicted octanol–water partition coefficient (Wildman–Crippen LogP) is 4.65. The van der Waals surface area contributed by atoms with Crippen molar-refractivity contribution in [2.75, 3.05) is 5.43 Å². The fourth-order valence-electron chi connectivity index (χ4n) is 2.36. The third-order valence-corrected chi connectivity index (χ3v) is 4.45. The van der Waals surface area contributed by atoms with Gasteiger partial charge in [-0.25, -0.2) is 4.98 Å². The topological polar surface area (TPSA) is 113 Å². The van der Waals surface area contributed by atoms with Crippen LogP contribution in [-0.4, -0.2) is 16.1 Å². The molecule has 0 aliphatic heterocycles. The van der Waals surface area contributed by atoms with E-state index in [2.05, 4.69) is 37.5 Å². The molecule has 0 unspecified atom stereocenters. The van der Waals surface area contributed by atoms with E-state index in [0.29, 0.717) is 17.1 Å². The number of benzene rings is 2. The Balaban J connectivity index is 1.61. The number of hydrogen-bond donors (Lipinski definition) is 1. The second-order valence-electron chi connectivity index (χ2n) is 5.78. The molecule has 0 fully saturated rings. The highest BCUT2D eigenvalue weighted by Gasteiger charge is 2.06. The standard InChI is InChI=1S/C20H14BrN5O3/c21-18-9-14(11-24-25-20-8-6-17(12-23-20)26(27)28)5-7-19(18)29-13-16-4-2-1-3-15(16)10-22/h1-9,11-12H,13H2,(H,23,25)/b24-11+. The van der Waals surface area contributed by atoms with Crippen LogP contribution in [0.5, 0.6) is 5.75 Å². The number of halogens is 1. The molecule has 1 aromatic heterocycles. The highest BCUT2D eigenvalue weighted by atomic mass is 79.9. The number of pyridine rings is 1. The van der Waals surface area contributed by atoms with Crippen molar-refractivity contribution in [2.24, 2.45) is 5.10 Å². The lowest BCUT2D eigenvalue weighted by molar-refractivity contribution is -0.385. The third kappa shape index (κ3) is 5.37. The van der Waals surface area contributed by atoms with Crippen molar-refractivity contribution in [2.45, 2.75) is 6.61 Å². The van der Waals surface area contributed by atoms with Crippen LogP contribution in [0.4, 0.5) is 11.5 Å². The first-order valence-electron chi connectivity index (χ1n) is 8.36. The van der Waals surface area contributed by atoms with E-state index in [9.17, 15) is 10.1 Å². The van der Waals surface area contributed by atoms with E-state index in [1.54, 1.807) is 18.3 Å². The molecule has 0 radical (unpaired) electrons. The van der Waals surface area contributed by atoms with Gasteiger partial charge in [-0.2, -0.15) is 10.4 Å². The van der Waals surface area contributed by atoms with Crippen molar-refractivity contribution < 1.29 is 9.66 Å². The zero-order valence-corrected chi connectivity index (χ0v) is 16.5. The molecule has 29 heavy (non-hydrogen) atoms. The number of nitro groups is 1. The summed E-state index contributed by atoms with van der Waals surface area (Å²) >= 11 is 3.47. The minimum absolute atomic E-state index is 0.0866. The van der Waals surface area contributed by atoms with Gasteiger partial charge in [0.05, 0.1) is 27.2 Å². The van der Waals surface area contributed by atoms with E-state index >= 15 is 0 Å². The van der Waals surface area contributed by atoms with Gasteiger partial charge in [-0.05, 0) is 51.8 Å². The van der Waals surface area contributed by atoms with Gasteiger partial charge in [-0.15, -0.1) is 0 Å². The monoisotopic (exact) mass is 451 g/mol. The van der Waals surface area contributed by atoms with Crippen LogP contribution in [0.15, 0.2) is 70.4 Å². The number of rotatable bonds is 7. The predicted molar refractivity (Wildman–Crippen MR) is 112 cm³/mol. The van der Waals surface area contributed by atoms with Crippen LogP contribution in [0.2, 0.25) is 0 Å². The van der Waals surface area contributed by atoms with Gasteiger partial charge in [-0.1, -0.05) is 18.2 Å². The average molecular weight is 452 g/mol. The van der Waals surface area contributed by atoms with E-state index in [1.807, 2.05) is 30.3 Å². The molecule has 2 aromatic carbocycles. The summed E-state index contributed by atoms with van der Waals surface area (Å²) < 4.78 is 6.54. The quantitative estimate of drug-likeness (QED) is 0.317. The molecule has 3 rings (SSSR count). The Bertz CT molecular complexity index is 1090. The molecule has 8 nitrogen and oxygen atoms in total. The first-order valence-corrected chi connectivity index (χ1v) is 9.16. The molecule has 0 saturated heterocycles. The zero-order valence-electron chi connectivity index (χ0n) is 14.9. The molecule has 1 N–H and O–H groups in total. The Morgan fingerprint density at radius 3 is 2.79 bits per heavy atom. The summed E-state index contributed by atoms with van der Waals surface area (Å²) in [6.45, 7) is 0.281. The summed E-state index contributed by atoms with van der Waals surface area (Å²) in [6, 6.07) is 17.7. The van der Waals surface area contributed by atoms with E-state index in [-0.39, 0.29) is 12.3 Å². The Hall–Kier alpha value is -3.77. The number of hydrazone groups is 1. The van der Waals surface area contributed by atoms with Crippen LogP contribution in [0.25, 0.3) is 0 Å². The maximum atomic E-state index is 10.6. The maximum Gasteiger partial charge on any atom is 0.287 e. The minimum Gasteiger partial charge on any atom is -0.488 e. The molecule has 1 heterocycles. The van der Waals surface area contributed by atoms with Gasteiger partial charge < -0.3 is 4.74 Å². The molecular formula is C20H14BrN5O3. The molecule has 0 saturated carbocycles. The average Bonchev–Trinajstić information content (AvgIpc) is 2.73. The summed E-state index contributed by atoms with van der Waals surface area (Å²) in [5.41, 5.74) is 4.82. The van der Waals surface area contributed by atoms with Crippen molar-refractivity contribution in [3.05, 3.63) is 92.1 Å². The normalized spacial score (nSPS) is 10.5. The Labute approximate surface area is 174 Å². The smallest absolute Gasteiger partial charge is 0.287 e. The summed E-state index contributed by atoms with van der Waals surface area (Å²) in [6.07, 6.45) is 2.74. The number of nitrogens with one attached hydrogen (secondary N) is 1. The molecule has 0 aliphatic carbocycles. The van der Waals surface area contributed by atoms with Crippen molar-refractivity contribution in [3.8, 4) is 11.8 Å². The second kappa shape index (κ2) is 9.43. The lowest BCUT2D eigenvalue weighted by Crippen LogP contribution is -1.99. The molecule has 0 atom stereocenters. The van der Waals surface area contributed by atoms with Crippen LogP contribution in [0.3, 0.4) is 0 Å². The fraction of sp³-hybridized carbons (Fsp3) is 0.0500. The summed E-state index contributed by atoms with van der Waals surface area (Å²) in [4.78, 5) is 14.0. The van der Waals surface area contributed by atoms with Gasteiger partial charge in [0.25, 0.3) is 5.69 Å². The highest BCUT2D eigenvalue weighted by Crippen LogP contribution is 2.26.